The molecular weight excluding hydrogens is 332 g/mol. The number of carbonyl (C=O) groups is 1. The zero-order valence-corrected chi connectivity index (χ0v) is 13.0. The van der Waals surface area contributed by atoms with E-state index in [1.54, 1.807) is 11.1 Å². The number of nitrogens with zero attached hydrogens (tertiary/aromatic N) is 3. The maximum Gasteiger partial charge on any atom is 0.232 e. The lowest BCUT2D eigenvalue weighted by molar-refractivity contribution is -0.117. The summed E-state index contributed by atoms with van der Waals surface area (Å²) < 4.78 is 0.987. The lowest BCUT2D eigenvalue weighted by atomic mass is 10.1. The molecule has 1 aliphatic heterocycles. The molecule has 0 radical (unpaired) electrons. The molecule has 1 atom stereocenters. The van der Waals surface area contributed by atoms with Crippen LogP contribution in [0.4, 0.5) is 5.95 Å². The minimum Gasteiger partial charge on any atom is -0.330 e. The Balaban J connectivity index is 1.92. The number of benzene rings is 1. The first kappa shape index (κ1) is 14.2. The Morgan fingerprint density at radius 2 is 2.24 bits per heavy atom. The fourth-order valence-corrected chi connectivity index (χ4v) is 2.82. The summed E-state index contributed by atoms with van der Waals surface area (Å²) in [5.74, 6) is 0.681. The van der Waals surface area contributed by atoms with Crippen LogP contribution in [0.25, 0.3) is 11.3 Å². The van der Waals surface area contributed by atoms with Gasteiger partial charge >= 0.3 is 0 Å². The zero-order chi connectivity index (χ0) is 14.8. The summed E-state index contributed by atoms with van der Waals surface area (Å²) in [5.41, 5.74) is 7.43. The highest BCUT2D eigenvalue weighted by Crippen LogP contribution is 2.25. The van der Waals surface area contributed by atoms with E-state index in [2.05, 4.69) is 25.9 Å². The number of hydrogen-bond acceptors (Lipinski definition) is 4. The fourth-order valence-electron chi connectivity index (χ4n) is 2.42. The van der Waals surface area contributed by atoms with Gasteiger partial charge in [-0.2, -0.15) is 0 Å². The number of anilines is 1. The number of carbonyl (C=O) groups excluding carboxylic acids is 1. The van der Waals surface area contributed by atoms with Crippen molar-refractivity contribution in [2.75, 3.05) is 18.0 Å². The van der Waals surface area contributed by atoms with E-state index >= 15 is 0 Å². The molecular formula is C15H15BrN4O. The first-order valence-corrected chi connectivity index (χ1v) is 7.56. The molecule has 2 aromatic rings. The maximum absolute atomic E-state index is 12.0. The normalized spacial score (nSPS) is 18.3. The smallest absolute Gasteiger partial charge is 0.232 e. The molecule has 1 aromatic carbocycles. The molecule has 0 spiro atoms. The Kier molecular flexibility index (Phi) is 3.98. The third kappa shape index (κ3) is 2.96. The van der Waals surface area contributed by atoms with E-state index in [1.165, 1.54) is 0 Å². The van der Waals surface area contributed by atoms with Gasteiger partial charge in [-0.15, -0.1) is 0 Å². The molecule has 21 heavy (non-hydrogen) atoms. The van der Waals surface area contributed by atoms with Gasteiger partial charge in [-0.3, -0.25) is 9.69 Å². The SMILES string of the molecule is NCC1CC(=O)N(c2nccc(-c3cccc(Br)c3)n2)C1. The van der Waals surface area contributed by atoms with Crippen molar-refractivity contribution in [1.82, 2.24) is 9.97 Å². The summed E-state index contributed by atoms with van der Waals surface area (Å²) >= 11 is 3.45. The minimum atomic E-state index is 0.0387. The first-order chi connectivity index (χ1) is 10.2. The van der Waals surface area contributed by atoms with E-state index < -0.39 is 0 Å². The van der Waals surface area contributed by atoms with Crippen molar-refractivity contribution in [2.24, 2.45) is 11.7 Å². The van der Waals surface area contributed by atoms with Crippen LogP contribution in [0.15, 0.2) is 41.0 Å². The van der Waals surface area contributed by atoms with Crippen LogP contribution in [0, 0.1) is 5.92 Å². The van der Waals surface area contributed by atoms with Crippen molar-refractivity contribution in [3.05, 3.63) is 41.0 Å². The molecule has 0 bridgehead atoms. The van der Waals surface area contributed by atoms with Gasteiger partial charge in [0.15, 0.2) is 0 Å². The van der Waals surface area contributed by atoms with E-state index in [1.807, 2.05) is 30.3 Å². The Hall–Kier alpha value is -1.79. The van der Waals surface area contributed by atoms with Crippen LogP contribution in [0.2, 0.25) is 0 Å². The second-order valence-corrected chi connectivity index (χ2v) is 5.98. The maximum atomic E-state index is 12.0. The number of amides is 1. The van der Waals surface area contributed by atoms with E-state index in [-0.39, 0.29) is 11.8 Å². The van der Waals surface area contributed by atoms with E-state index in [0.29, 0.717) is 25.5 Å². The third-order valence-corrected chi connectivity index (χ3v) is 4.04. The van der Waals surface area contributed by atoms with Gasteiger partial charge in [0.1, 0.15) is 0 Å². The lowest BCUT2D eigenvalue weighted by Gasteiger charge is -2.14. The quantitative estimate of drug-likeness (QED) is 0.924. The van der Waals surface area contributed by atoms with Crippen LogP contribution >= 0.6 is 15.9 Å². The molecule has 2 heterocycles. The molecule has 0 saturated carbocycles. The molecule has 0 aliphatic carbocycles. The lowest BCUT2D eigenvalue weighted by Crippen LogP contribution is -2.27. The van der Waals surface area contributed by atoms with Crippen LogP contribution in [0.5, 0.6) is 0 Å². The summed E-state index contributed by atoms with van der Waals surface area (Å²) in [5, 5.41) is 0. The van der Waals surface area contributed by atoms with Crippen LogP contribution < -0.4 is 10.6 Å². The number of aromatic nitrogens is 2. The zero-order valence-electron chi connectivity index (χ0n) is 11.4. The molecule has 1 aliphatic rings. The first-order valence-electron chi connectivity index (χ1n) is 6.77. The molecule has 108 valence electrons. The van der Waals surface area contributed by atoms with Crippen molar-refractivity contribution in [3.63, 3.8) is 0 Å². The highest BCUT2D eigenvalue weighted by molar-refractivity contribution is 9.10. The Bertz CT molecular complexity index is 676. The molecule has 3 rings (SSSR count). The van der Waals surface area contributed by atoms with Gasteiger partial charge in [-0.05, 0) is 30.7 Å². The van der Waals surface area contributed by atoms with Gasteiger partial charge in [-0.1, -0.05) is 28.1 Å². The molecule has 5 nitrogen and oxygen atoms in total. The van der Waals surface area contributed by atoms with Crippen molar-refractivity contribution in [3.8, 4) is 11.3 Å². The predicted molar refractivity (Wildman–Crippen MR) is 84.7 cm³/mol. The average molecular weight is 347 g/mol. The van der Waals surface area contributed by atoms with Gasteiger partial charge in [-0.25, -0.2) is 9.97 Å². The van der Waals surface area contributed by atoms with Crippen molar-refractivity contribution in [1.29, 1.82) is 0 Å². The highest BCUT2D eigenvalue weighted by Gasteiger charge is 2.31. The minimum absolute atomic E-state index is 0.0387. The number of hydrogen-bond donors (Lipinski definition) is 1. The summed E-state index contributed by atoms with van der Waals surface area (Å²) in [6.07, 6.45) is 2.16. The third-order valence-electron chi connectivity index (χ3n) is 3.54. The summed E-state index contributed by atoms with van der Waals surface area (Å²) in [6, 6.07) is 9.71. The van der Waals surface area contributed by atoms with Gasteiger partial charge in [0.05, 0.1) is 5.69 Å². The molecule has 2 N–H and O–H groups in total. The molecule has 1 saturated heterocycles. The van der Waals surface area contributed by atoms with Crippen molar-refractivity contribution < 1.29 is 4.79 Å². The van der Waals surface area contributed by atoms with Crippen molar-refractivity contribution in [2.45, 2.75) is 6.42 Å². The molecule has 1 amide bonds. The molecule has 1 fully saturated rings. The fraction of sp³-hybridized carbons (Fsp3) is 0.267. The van der Waals surface area contributed by atoms with Crippen LogP contribution in [-0.4, -0.2) is 29.0 Å². The van der Waals surface area contributed by atoms with E-state index in [9.17, 15) is 4.79 Å². The monoisotopic (exact) mass is 346 g/mol. The number of rotatable bonds is 3. The molecule has 1 aromatic heterocycles. The van der Waals surface area contributed by atoms with Gasteiger partial charge in [0.2, 0.25) is 11.9 Å². The number of nitrogens with two attached hydrogens (primary N) is 1. The second kappa shape index (κ2) is 5.91. The topological polar surface area (TPSA) is 72.1 Å². The summed E-state index contributed by atoms with van der Waals surface area (Å²) in [6.45, 7) is 1.10. The van der Waals surface area contributed by atoms with E-state index in [0.717, 1.165) is 15.7 Å². The second-order valence-electron chi connectivity index (χ2n) is 5.06. The average Bonchev–Trinajstić information content (AvgIpc) is 2.89. The Morgan fingerprint density at radius 3 is 2.95 bits per heavy atom. The van der Waals surface area contributed by atoms with Gasteiger partial charge in [0, 0.05) is 29.2 Å². The predicted octanol–water partition coefficient (Wildman–Crippen LogP) is 2.22. The van der Waals surface area contributed by atoms with Gasteiger partial charge in [0.25, 0.3) is 0 Å². The Labute approximate surface area is 131 Å². The van der Waals surface area contributed by atoms with Crippen LogP contribution in [0.3, 0.4) is 0 Å². The summed E-state index contributed by atoms with van der Waals surface area (Å²) in [4.78, 5) is 22.4. The van der Waals surface area contributed by atoms with Gasteiger partial charge < -0.3 is 5.73 Å². The summed E-state index contributed by atoms with van der Waals surface area (Å²) in [7, 11) is 0. The number of halogens is 1. The van der Waals surface area contributed by atoms with Crippen LogP contribution in [0.1, 0.15) is 6.42 Å². The molecule has 6 heteroatoms. The largest absolute Gasteiger partial charge is 0.330 e. The van der Waals surface area contributed by atoms with Crippen LogP contribution in [-0.2, 0) is 4.79 Å². The standard InChI is InChI=1S/C15H15BrN4O/c16-12-3-1-2-11(7-12)13-4-5-18-15(19-13)20-9-10(8-17)6-14(20)21/h1-5,7,10H,6,8-9,17H2. The Morgan fingerprint density at radius 1 is 1.38 bits per heavy atom. The van der Waals surface area contributed by atoms with E-state index in [4.69, 9.17) is 5.73 Å². The molecule has 1 unspecified atom stereocenters. The highest BCUT2D eigenvalue weighted by atomic mass is 79.9. The van der Waals surface area contributed by atoms with Crippen molar-refractivity contribution >= 4 is 27.8 Å².